The largest absolute Gasteiger partial charge is 0.467 e. The van der Waals surface area contributed by atoms with Crippen molar-refractivity contribution in [2.75, 3.05) is 13.0 Å². The number of methoxy groups -OCH3 is 1. The molecule has 0 spiro atoms. The standard InChI is InChI=1S/C21H17Cl3N2O3/c1-29-21(28)16-9-12-11-5-2-3-8-15(11)25-19(12)20(26(16)17(27)10-22)18-13(23)6-4-7-14(18)24/h2-8,16,20,25H,9-10H2,1H3/t16-,20+/m1/s1. The SMILES string of the molecule is COC(=O)[C@H]1Cc2c([nH]c3ccccc23)[C@H](c2c(Cl)cccc2Cl)N1C(=O)CCl. The van der Waals surface area contributed by atoms with Crippen molar-refractivity contribution < 1.29 is 14.3 Å². The molecule has 0 radical (unpaired) electrons. The normalized spacial score (nSPS) is 18.6. The number of rotatable bonds is 3. The van der Waals surface area contributed by atoms with Gasteiger partial charge >= 0.3 is 5.97 Å². The Bertz CT molecular complexity index is 1090. The molecule has 1 N–H and O–H groups in total. The molecule has 1 aromatic heterocycles. The number of esters is 1. The van der Waals surface area contributed by atoms with Gasteiger partial charge in [0, 0.05) is 38.6 Å². The third kappa shape index (κ3) is 3.27. The average Bonchev–Trinajstić information content (AvgIpc) is 3.10. The Morgan fingerprint density at radius 3 is 2.48 bits per heavy atom. The fourth-order valence-electron chi connectivity index (χ4n) is 4.06. The second kappa shape index (κ2) is 7.90. The van der Waals surface area contributed by atoms with Gasteiger partial charge in [0.1, 0.15) is 18.0 Å². The van der Waals surface area contributed by atoms with Gasteiger partial charge in [-0.1, -0.05) is 47.5 Å². The second-order valence-corrected chi connectivity index (χ2v) is 7.86. The maximum Gasteiger partial charge on any atom is 0.328 e. The number of nitrogens with one attached hydrogen (secondary N) is 1. The van der Waals surface area contributed by atoms with Crippen LogP contribution >= 0.6 is 34.8 Å². The fraction of sp³-hybridized carbons (Fsp3) is 0.238. The molecule has 150 valence electrons. The van der Waals surface area contributed by atoms with Gasteiger partial charge in [-0.2, -0.15) is 0 Å². The molecule has 1 aliphatic rings. The lowest BCUT2D eigenvalue weighted by Crippen LogP contribution is -2.52. The Kier molecular flexibility index (Phi) is 5.47. The van der Waals surface area contributed by atoms with Gasteiger partial charge in [0.2, 0.25) is 5.91 Å². The minimum absolute atomic E-state index is 0.290. The number of aromatic nitrogens is 1. The number of para-hydroxylation sites is 1. The maximum atomic E-state index is 12.9. The average molecular weight is 452 g/mol. The van der Waals surface area contributed by atoms with Gasteiger partial charge in [0.05, 0.1) is 7.11 Å². The summed E-state index contributed by atoms with van der Waals surface area (Å²) in [6.45, 7) is 0. The number of hydrogen-bond donors (Lipinski definition) is 1. The summed E-state index contributed by atoms with van der Waals surface area (Å²) >= 11 is 19.0. The zero-order valence-corrected chi connectivity index (χ0v) is 17.7. The smallest absolute Gasteiger partial charge is 0.328 e. The molecule has 2 atom stereocenters. The first kappa shape index (κ1) is 20.1. The lowest BCUT2D eigenvalue weighted by atomic mass is 9.87. The molecule has 0 unspecified atom stereocenters. The molecule has 0 saturated carbocycles. The van der Waals surface area contributed by atoms with E-state index >= 15 is 0 Å². The van der Waals surface area contributed by atoms with Crippen molar-refractivity contribution in [3.8, 4) is 0 Å². The van der Waals surface area contributed by atoms with Crippen LogP contribution in [0, 0.1) is 0 Å². The molecule has 3 aromatic rings. The molecule has 5 nitrogen and oxygen atoms in total. The number of alkyl halides is 1. The van der Waals surface area contributed by atoms with Gasteiger partial charge in [-0.3, -0.25) is 4.79 Å². The molecule has 1 amide bonds. The van der Waals surface area contributed by atoms with Gasteiger partial charge in [-0.25, -0.2) is 4.79 Å². The first-order valence-electron chi connectivity index (χ1n) is 8.96. The summed E-state index contributed by atoms with van der Waals surface area (Å²) in [6, 6.07) is 11.3. The zero-order chi connectivity index (χ0) is 20.7. The monoisotopic (exact) mass is 450 g/mol. The van der Waals surface area contributed by atoms with Crippen molar-refractivity contribution in [1.29, 1.82) is 0 Å². The number of H-pyrrole nitrogens is 1. The summed E-state index contributed by atoms with van der Waals surface area (Å²) in [5.41, 5.74) is 3.13. The molecule has 29 heavy (non-hydrogen) atoms. The highest BCUT2D eigenvalue weighted by atomic mass is 35.5. The van der Waals surface area contributed by atoms with Crippen LogP contribution in [-0.4, -0.2) is 40.8 Å². The van der Waals surface area contributed by atoms with E-state index in [1.54, 1.807) is 18.2 Å². The van der Waals surface area contributed by atoms with Gasteiger partial charge < -0.3 is 14.6 Å². The van der Waals surface area contributed by atoms with Crippen LogP contribution in [0.25, 0.3) is 10.9 Å². The molecule has 0 fully saturated rings. The van der Waals surface area contributed by atoms with E-state index in [0.717, 1.165) is 22.2 Å². The Hall–Kier alpha value is -2.21. The quantitative estimate of drug-likeness (QED) is 0.462. The summed E-state index contributed by atoms with van der Waals surface area (Å²) in [5, 5.41) is 1.76. The first-order chi connectivity index (χ1) is 14.0. The third-order valence-corrected chi connectivity index (χ3v) is 6.17. The van der Waals surface area contributed by atoms with Crippen molar-refractivity contribution in [1.82, 2.24) is 9.88 Å². The van der Waals surface area contributed by atoms with Crippen molar-refractivity contribution in [3.63, 3.8) is 0 Å². The van der Waals surface area contributed by atoms with E-state index in [9.17, 15) is 9.59 Å². The van der Waals surface area contributed by atoms with E-state index < -0.39 is 24.0 Å². The fourth-order valence-corrected chi connectivity index (χ4v) is 4.80. The van der Waals surface area contributed by atoms with Crippen LogP contribution < -0.4 is 0 Å². The number of carbonyl (C=O) groups is 2. The molecular weight excluding hydrogens is 435 g/mol. The second-order valence-electron chi connectivity index (χ2n) is 6.78. The number of nitrogens with zero attached hydrogens (tertiary/aromatic N) is 1. The Balaban J connectivity index is 2.05. The highest BCUT2D eigenvalue weighted by Crippen LogP contribution is 2.45. The van der Waals surface area contributed by atoms with Crippen LogP contribution in [-0.2, 0) is 20.7 Å². The molecule has 8 heteroatoms. The van der Waals surface area contributed by atoms with Crippen LogP contribution in [0.1, 0.15) is 22.9 Å². The first-order valence-corrected chi connectivity index (χ1v) is 10.2. The minimum Gasteiger partial charge on any atom is -0.467 e. The molecule has 4 rings (SSSR count). The van der Waals surface area contributed by atoms with Crippen LogP contribution in [0.4, 0.5) is 0 Å². The van der Waals surface area contributed by atoms with Crippen molar-refractivity contribution >= 4 is 57.6 Å². The number of carbonyl (C=O) groups excluding carboxylic acids is 2. The molecule has 0 bridgehead atoms. The number of hydrogen-bond acceptors (Lipinski definition) is 3. The molecule has 0 aliphatic carbocycles. The number of ether oxygens (including phenoxy) is 1. The van der Waals surface area contributed by atoms with E-state index in [2.05, 4.69) is 4.98 Å². The zero-order valence-electron chi connectivity index (χ0n) is 15.4. The third-order valence-electron chi connectivity index (χ3n) is 5.28. The topological polar surface area (TPSA) is 62.4 Å². The van der Waals surface area contributed by atoms with Gasteiger partial charge in [-0.15, -0.1) is 11.6 Å². The minimum atomic E-state index is -0.852. The van der Waals surface area contributed by atoms with Crippen LogP contribution in [0.3, 0.4) is 0 Å². The Morgan fingerprint density at radius 1 is 1.14 bits per heavy atom. The Labute approximate surface area is 182 Å². The number of benzene rings is 2. The highest BCUT2D eigenvalue weighted by molar-refractivity contribution is 6.36. The van der Waals surface area contributed by atoms with E-state index in [-0.39, 0.29) is 5.88 Å². The van der Waals surface area contributed by atoms with Gasteiger partial charge in [0.15, 0.2) is 0 Å². The number of fused-ring (bicyclic) bond motifs is 3. The van der Waals surface area contributed by atoms with Crippen LogP contribution in [0.5, 0.6) is 0 Å². The molecule has 2 heterocycles. The van der Waals surface area contributed by atoms with E-state index in [1.807, 2.05) is 24.3 Å². The summed E-state index contributed by atoms with van der Waals surface area (Å²) in [5.74, 6) is -1.22. The highest BCUT2D eigenvalue weighted by Gasteiger charge is 2.44. The number of halogens is 3. The van der Waals surface area contributed by atoms with E-state index in [0.29, 0.717) is 22.0 Å². The predicted octanol–water partition coefficient (Wildman–Crippen LogP) is 4.73. The molecule has 1 aliphatic heterocycles. The Morgan fingerprint density at radius 2 is 1.83 bits per heavy atom. The molecule has 2 aromatic carbocycles. The number of aromatic amines is 1. The van der Waals surface area contributed by atoms with Crippen molar-refractivity contribution in [2.45, 2.75) is 18.5 Å². The van der Waals surface area contributed by atoms with Gasteiger partial charge in [-0.05, 0) is 23.8 Å². The van der Waals surface area contributed by atoms with Gasteiger partial charge in [0.25, 0.3) is 0 Å². The summed E-state index contributed by atoms with van der Waals surface area (Å²) in [4.78, 5) is 30.4. The van der Waals surface area contributed by atoms with Crippen molar-refractivity contribution in [3.05, 3.63) is 69.3 Å². The number of amides is 1. The van der Waals surface area contributed by atoms with E-state index in [4.69, 9.17) is 39.5 Å². The molecular formula is C21H17Cl3N2O3. The maximum absolute atomic E-state index is 12.9. The molecule has 0 saturated heterocycles. The van der Waals surface area contributed by atoms with Crippen molar-refractivity contribution in [2.24, 2.45) is 0 Å². The summed E-state index contributed by atoms with van der Waals surface area (Å²) in [6.07, 6.45) is 0.299. The summed E-state index contributed by atoms with van der Waals surface area (Å²) < 4.78 is 5.01. The lowest BCUT2D eigenvalue weighted by Gasteiger charge is -2.41. The lowest BCUT2D eigenvalue weighted by molar-refractivity contribution is -0.154. The van der Waals surface area contributed by atoms with E-state index in [1.165, 1.54) is 12.0 Å². The van der Waals surface area contributed by atoms with Crippen LogP contribution in [0.2, 0.25) is 10.0 Å². The summed E-state index contributed by atoms with van der Waals surface area (Å²) in [7, 11) is 1.30. The predicted molar refractivity (Wildman–Crippen MR) is 114 cm³/mol. The van der Waals surface area contributed by atoms with Crippen LogP contribution in [0.15, 0.2) is 42.5 Å².